The van der Waals surface area contributed by atoms with Crippen molar-refractivity contribution in [3.8, 4) is 5.75 Å². The second kappa shape index (κ2) is 7.51. The summed E-state index contributed by atoms with van der Waals surface area (Å²) in [5.74, 6) is -2.62. The van der Waals surface area contributed by atoms with Gasteiger partial charge in [0.25, 0.3) is 0 Å². The van der Waals surface area contributed by atoms with Gasteiger partial charge in [-0.2, -0.15) is 0 Å². The molecule has 1 fully saturated rings. The fraction of sp³-hybridized carbons (Fsp3) is 0.263. The molecule has 0 spiro atoms. The second-order valence-electron chi connectivity index (χ2n) is 6.16. The maximum absolute atomic E-state index is 13.8. The van der Waals surface area contributed by atoms with Crippen LogP contribution < -0.4 is 10.1 Å². The zero-order valence-electron chi connectivity index (χ0n) is 13.7. The fourth-order valence-electron chi connectivity index (χ4n) is 2.84. The van der Waals surface area contributed by atoms with Crippen LogP contribution >= 0.6 is 0 Å². The van der Waals surface area contributed by atoms with Gasteiger partial charge in [-0.3, -0.25) is 4.79 Å². The van der Waals surface area contributed by atoms with Crippen LogP contribution in [0.25, 0.3) is 0 Å². The lowest BCUT2D eigenvalue weighted by Gasteiger charge is -2.08. The molecule has 2 aromatic carbocycles. The Labute approximate surface area is 148 Å². The van der Waals surface area contributed by atoms with E-state index in [1.165, 1.54) is 0 Å². The number of rotatable bonds is 7. The highest BCUT2D eigenvalue weighted by molar-refractivity contribution is 5.82. The van der Waals surface area contributed by atoms with Crippen LogP contribution in [-0.4, -0.2) is 23.6 Å². The van der Waals surface area contributed by atoms with E-state index in [1.807, 2.05) is 0 Å². The topological polar surface area (TPSA) is 75.6 Å². The first-order chi connectivity index (χ1) is 12.4. The molecular weight excluding hydrogens is 344 g/mol. The maximum Gasteiger partial charge on any atom is 0.341 e. The summed E-state index contributed by atoms with van der Waals surface area (Å²) in [7, 11) is 0. The number of carboxylic acid groups (broad SMARTS) is 1. The molecule has 0 aliphatic heterocycles. The molecule has 1 aliphatic carbocycles. The highest BCUT2D eigenvalue weighted by Crippen LogP contribution is 2.48. The highest BCUT2D eigenvalue weighted by atomic mass is 19.1. The molecule has 136 valence electrons. The number of hydrogen-bond donors (Lipinski definition) is 2. The van der Waals surface area contributed by atoms with Crippen molar-refractivity contribution >= 4 is 11.9 Å². The average molecular weight is 361 g/mol. The van der Waals surface area contributed by atoms with Gasteiger partial charge in [0.1, 0.15) is 17.4 Å². The molecule has 0 saturated heterocycles. The van der Waals surface area contributed by atoms with E-state index < -0.39 is 24.2 Å². The summed E-state index contributed by atoms with van der Waals surface area (Å²) in [6.45, 7) is -0.212. The summed E-state index contributed by atoms with van der Waals surface area (Å²) >= 11 is 0. The zero-order chi connectivity index (χ0) is 18.7. The van der Waals surface area contributed by atoms with Crippen LogP contribution in [0.4, 0.5) is 8.78 Å². The predicted molar refractivity (Wildman–Crippen MR) is 88.6 cm³/mol. The highest BCUT2D eigenvalue weighted by Gasteiger charge is 2.45. The van der Waals surface area contributed by atoms with Crippen LogP contribution in [0.1, 0.15) is 23.5 Å². The molecule has 1 saturated carbocycles. The summed E-state index contributed by atoms with van der Waals surface area (Å²) in [6.07, 6.45) is 0.480. The molecule has 0 unspecified atom stereocenters. The minimum atomic E-state index is -1.08. The molecule has 0 bridgehead atoms. The SMILES string of the molecule is O=C(O)COc1cccc(CNC(=O)[C@@H]2C[C@@H]2c2cc(F)ccc2F)c1. The molecule has 0 radical (unpaired) electrons. The first kappa shape index (κ1) is 17.8. The van der Waals surface area contributed by atoms with Gasteiger partial charge in [-0.1, -0.05) is 12.1 Å². The normalized spacial score (nSPS) is 18.2. The van der Waals surface area contributed by atoms with Crippen LogP contribution in [0.5, 0.6) is 5.75 Å². The lowest BCUT2D eigenvalue weighted by Crippen LogP contribution is -2.25. The van der Waals surface area contributed by atoms with Crippen molar-refractivity contribution in [1.29, 1.82) is 0 Å². The van der Waals surface area contributed by atoms with Gasteiger partial charge < -0.3 is 15.2 Å². The van der Waals surface area contributed by atoms with Crippen LogP contribution in [0.15, 0.2) is 42.5 Å². The number of nitrogens with one attached hydrogen (secondary N) is 1. The molecule has 2 aromatic rings. The summed E-state index contributed by atoms with van der Waals surface area (Å²) in [4.78, 5) is 22.7. The Hall–Kier alpha value is -2.96. The van der Waals surface area contributed by atoms with Gasteiger partial charge in [-0.05, 0) is 53.8 Å². The van der Waals surface area contributed by atoms with Gasteiger partial charge in [-0.25, -0.2) is 13.6 Å². The molecule has 2 N–H and O–H groups in total. The predicted octanol–water partition coefficient (Wildman–Crippen LogP) is 2.85. The molecule has 3 rings (SSSR count). The number of halogens is 2. The van der Waals surface area contributed by atoms with E-state index in [9.17, 15) is 18.4 Å². The lowest BCUT2D eigenvalue weighted by atomic mass is 10.1. The van der Waals surface area contributed by atoms with Crippen molar-refractivity contribution in [2.75, 3.05) is 6.61 Å². The molecule has 26 heavy (non-hydrogen) atoms. The summed E-state index contributed by atoms with van der Waals surface area (Å²) in [6, 6.07) is 9.98. The number of aliphatic carboxylic acids is 1. The minimum absolute atomic E-state index is 0.226. The number of hydrogen-bond acceptors (Lipinski definition) is 3. The van der Waals surface area contributed by atoms with Crippen molar-refractivity contribution in [1.82, 2.24) is 5.32 Å². The number of benzene rings is 2. The average Bonchev–Trinajstić information content (AvgIpc) is 3.41. The quantitative estimate of drug-likeness (QED) is 0.795. The van der Waals surface area contributed by atoms with Crippen molar-refractivity contribution in [2.45, 2.75) is 18.9 Å². The molecule has 1 aliphatic rings. The maximum atomic E-state index is 13.8. The van der Waals surface area contributed by atoms with Crippen molar-refractivity contribution in [2.24, 2.45) is 5.92 Å². The van der Waals surface area contributed by atoms with E-state index in [0.29, 0.717) is 12.2 Å². The standard InChI is InChI=1S/C19H17F2NO4/c20-12-4-5-17(21)15(7-12)14-8-16(14)19(25)22-9-11-2-1-3-13(6-11)26-10-18(23)24/h1-7,14,16H,8-10H2,(H,22,25)(H,23,24)/t14-,16-/m1/s1. The minimum Gasteiger partial charge on any atom is -0.482 e. The van der Waals surface area contributed by atoms with Crippen LogP contribution in [0.3, 0.4) is 0 Å². The van der Waals surface area contributed by atoms with Gasteiger partial charge in [0, 0.05) is 12.5 Å². The fourth-order valence-corrected chi connectivity index (χ4v) is 2.84. The Morgan fingerprint density at radius 3 is 2.77 bits per heavy atom. The third-order valence-electron chi connectivity index (χ3n) is 4.21. The third-order valence-corrected chi connectivity index (χ3v) is 4.21. The number of carbonyl (C=O) groups is 2. The number of carboxylic acids is 1. The van der Waals surface area contributed by atoms with E-state index in [1.54, 1.807) is 24.3 Å². The van der Waals surface area contributed by atoms with Crippen molar-refractivity contribution in [3.63, 3.8) is 0 Å². The smallest absolute Gasteiger partial charge is 0.341 e. The summed E-state index contributed by atoms with van der Waals surface area (Å²) in [5, 5.41) is 11.4. The Bertz CT molecular complexity index is 840. The number of amides is 1. The number of ether oxygens (including phenoxy) is 1. The summed E-state index contributed by atoms with van der Waals surface area (Å²) in [5.41, 5.74) is 0.976. The first-order valence-electron chi connectivity index (χ1n) is 8.10. The van der Waals surface area contributed by atoms with E-state index in [0.717, 1.165) is 23.8 Å². The molecule has 5 nitrogen and oxygen atoms in total. The zero-order valence-corrected chi connectivity index (χ0v) is 13.7. The Kier molecular flexibility index (Phi) is 5.16. The molecule has 0 aromatic heterocycles. The Morgan fingerprint density at radius 1 is 1.19 bits per heavy atom. The van der Waals surface area contributed by atoms with E-state index in [2.05, 4.69) is 5.32 Å². The monoisotopic (exact) mass is 361 g/mol. The largest absolute Gasteiger partial charge is 0.482 e. The van der Waals surface area contributed by atoms with Gasteiger partial charge in [0.15, 0.2) is 6.61 Å². The van der Waals surface area contributed by atoms with Crippen LogP contribution in [-0.2, 0) is 16.1 Å². The van der Waals surface area contributed by atoms with Gasteiger partial charge >= 0.3 is 5.97 Å². The molecule has 7 heteroatoms. The van der Waals surface area contributed by atoms with E-state index in [4.69, 9.17) is 9.84 Å². The number of carbonyl (C=O) groups excluding carboxylic acids is 1. The lowest BCUT2D eigenvalue weighted by molar-refractivity contribution is -0.139. The van der Waals surface area contributed by atoms with Crippen LogP contribution in [0, 0.1) is 17.6 Å². The van der Waals surface area contributed by atoms with Crippen molar-refractivity contribution in [3.05, 3.63) is 65.2 Å². The van der Waals surface area contributed by atoms with Gasteiger partial charge in [-0.15, -0.1) is 0 Å². The molecule has 1 amide bonds. The Balaban J connectivity index is 1.54. The van der Waals surface area contributed by atoms with Crippen molar-refractivity contribution < 1.29 is 28.2 Å². The summed E-state index contributed by atoms with van der Waals surface area (Å²) < 4.78 is 32.1. The molecule has 2 atom stereocenters. The Morgan fingerprint density at radius 2 is 2.00 bits per heavy atom. The van der Waals surface area contributed by atoms with Gasteiger partial charge in [0.2, 0.25) is 5.91 Å². The van der Waals surface area contributed by atoms with Gasteiger partial charge in [0.05, 0.1) is 0 Å². The first-order valence-corrected chi connectivity index (χ1v) is 8.10. The second-order valence-corrected chi connectivity index (χ2v) is 6.16. The third kappa shape index (κ3) is 4.36. The molecule has 0 heterocycles. The molecular formula is C19H17F2NO4. The van der Waals surface area contributed by atoms with E-state index >= 15 is 0 Å². The van der Waals surface area contributed by atoms with E-state index in [-0.39, 0.29) is 29.9 Å². The van der Waals surface area contributed by atoms with Crippen LogP contribution in [0.2, 0.25) is 0 Å².